The maximum absolute atomic E-state index is 13.0. The second-order valence-corrected chi connectivity index (χ2v) is 33.6. The van der Waals surface area contributed by atoms with Gasteiger partial charge in [-0.15, -0.1) is 0 Å². The summed E-state index contributed by atoms with van der Waals surface area (Å²) < 4.78 is 61.4. The van der Waals surface area contributed by atoms with Crippen LogP contribution in [-0.4, -0.2) is 95.9 Å². The number of rotatable bonds is 87. The Kier molecular flexibility index (Phi) is 85.2. The van der Waals surface area contributed by atoms with Gasteiger partial charge < -0.3 is 34.2 Å². The molecule has 0 aromatic carbocycles. The van der Waals surface area contributed by atoms with Gasteiger partial charge in [-0.05, 0) is 148 Å². The molecule has 0 amide bonds. The molecule has 18 heteroatoms. The fraction of sp³-hybridized carbons (Fsp3) is 0.722. The molecule has 0 radical (unpaired) electrons. The predicted octanol–water partition coefficient (Wildman–Crippen LogP) is 28.3. The third-order valence-corrected chi connectivity index (χ3v) is 21.4. The molecule has 4 N–H and O–H groups in total. The van der Waals surface area contributed by atoms with E-state index in [1.54, 1.807) is 0 Å². The van der Waals surface area contributed by atoms with Crippen molar-refractivity contribution in [1.29, 1.82) is 0 Å². The average molecular weight is 1650 g/mol. The molecule has 16 nitrogen and oxygen atoms in total. The number of carbonyl (C=O) groups excluding carboxylic acids is 3. The van der Waals surface area contributed by atoms with Gasteiger partial charge in [0, 0.05) is 19.3 Å². The van der Waals surface area contributed by atoms with Crippen LogP contribution in [0.1, 0.15) is 393 Å². The van der Waals surface area contributed by atoms with Crippen molar-refractivity contribution in [3.63, 3.8) is 0 Å². The zero-order chi connectivity index (χ0) is 83.6. The largest absolute Gasteiger partial charge is 0.472 e. The van der Waals surface area contributed by atoms with Crippen molar-refractivity contribution in [3.05, 3.63) is 146 Å². The van der Waals surface area contributed by atoms with Gasteiger partial charge >= 0.3 is 33.6 Å². The molecular formula is C97H168O16P2. The highest BCUT2D eigenvalue weighted by Crippen LogP contribution is 2.45. The molecule has 0 aliphatic heterocycles. The van der Waals surface area contributed by atoms with Crippen LogP contribution in [0.4, 0.5) is 0 Å². The average Bonchev–Trinajstić information content (AvgIpc) is 0.893. The topological polar surface area (TPSA) is 231 Å². The van der Waals surface area contributed by atoms with Crippen LogP contribution in [-0.2, 0) is 55.8 Å². The minimum Gasteiger partial charge on any atom is -0.463 e. The molecule has 662 valence electrons. The third kappa shape index (κ3) is 90.0. The van der Waals surface area contributed by atoms with Crippen molar-refractivity contribution in [2.75, 3.05) is 39.6 Å². The summed E-state index contributed by atoms with van der Waals surface area (Å²) >= 11 is 0. The van der Waals surface area contributed by atoms with E-state index in [9.17, 15) is 43.5 Å². The summed E-state index contributed by atoms with van der Waals surface area (Å²) in [6.45, 7) is 2.54. The maximum Gasteiger partial charge on any atom is 0.472 e. The molecular weight excluding hydrogens is 1480 g/mol. The van der Waals surface area contributed by atoms with Crippen LogP contribution >= 0.6 is 15.6 Å². The minimum absolute atomic E-state index is 0.0866. The molecule has 0 aromatic rings. The van der Waals surface area contributed by atoms with Gasteiger partial charge in [0.2, 0.25) is 0 Å². The first-order valence-corrected chi connectivity index (χ1v) is 49.1. The number of aliphatic hydroxyl groups is 2. The van der Waals surface area contributed by atoms with E-state index in [1.807, 2.05) is 0 Å². The maximum atomic E-state index is 13.0. The summed E-state index contributed by atoms with van der Waals surface area (Å²) in [7, 11) is -9.81. The van der Waals surface area contributed by atoms with Crippen molar-refractivity contribution >= 4 is 33.6 Å². The van der Waals surface area contributed by atoms with Gasteiger partial charge in [-0.3, -0.25) is 32.5 Å². The first kappa shape index (κ1) is 110. The number of allylic oxidation sites excluding steroid dienone is 24. The minimum atomic E-state index is -4.94. The number of phosphoric acid groups is 2. The Morgan fingerprint density at radius 2 is 0.461 bits per heavy atom. The number of ether oxygens (including phenoxy) is 3. The van der Waals surface area contributed by atoms with Crippen molar-refractivity contribution in [2.45, 2.75) is 411 Å². The first-order chi connectivity index (χ1) is 56.2. The lowest BCUT2D eigenvalue weighted by molar-refractivity contribution is -0.161. The highest BCUT2D eigenvalue weighted by atomic mass is 31.2. The van der Waals surface area contributed by atoms with Gasteiger partial charge in [-0.2, -0.15) is 0 Å². The molecule has 0 rings (SSSR count). The molecule has 0 aromatic heterocycles. The predicted molar refractivity (Wildman–Crippen MR) is 482 cm³/mol. The SMILES string of the molecule is CC/C=C\C/C=C\C/C=C\C/C=C\C/C=C\C/C=C\CCCCCCCCCCCCCCC(=O)OCC(COP(=O)(O)OCC(O)COP(=O)(O)OCC(O)COC(=O)CCCCCCCCCCCCCCCCCCC/C=C\C/C=C\C/C=C\C/C=C\CCCCC)OC(=O)CCCCCCC/C=C\C/C=C\CCCCC. The van der Waals surface area contributed by atoms with Gasteiger partial charge in [0.15, 0.2) is 6.10 Å². The number of esters is 3. The van der Waals surface area contributed by atoms with E-state index in [4.69, 9.17) is 32.3 Å². The van der Waals surface area contributed by atoms with E-state index >= 15 is 0 Å². The van der Waals surface area contributed by atoms with Crippen LogP contribution in [0.3, 0.4) is 0 Å². The van der Waals surface area contributed by atoms with Crippen LogP contribution in [0.25, 0.3) is 0 Å². The smallest absolute Gasteiger partial charge is 0.463 e. The monoisotopic (exact) mass is 1650 g/mol. The molecule has 0 fully saturated rings. The Morgan fingerprint density at radius 3 is 0.730 bits per heavy atom. The molecule has 115 heavy (non-hydrogen) atoms. The van der Waals surface area contributed by atoms with E-state index in [0.29, 0.717) is 19.3 Å². The number of unbranched alkanes of at least 4 members (excludes halogenated alkanes) is 40. The number of hydrogen-bond donors (Lipinski definition) is 4. The van der Waals surface area contributed by atoms with Crippen molar-refractivity contribution in [1.82, 2.24) is 0 Å². The van der Waals surface area contributed by atoms with Gasteiger partial charge in [-0.1, -0.05) is 372 Å². The highest BCUT2D eigenvalue weighted by Gasteiger charge is 2.29. The Balaban J connectivity index is 4.46. The molecule has 0 bridgehead atoms. The lowest BCUT2D eigenvalue weighted by atomic mass is 10.0. The first-order valence-electron chi connectivity index (χ1n) is 46.1. The molecule has 0 saturated heterocycles. The fourth-order valence-corrected chi connectivity index (χ4v) is 14.1. The Bertz CT molecular complexity index is 2670. The van der Waals surface area contributed by atoms with Gasteiger partial charge in [-0.25, -0.2) is 9.13 Å². The third-order valence-electron chi connectivity index (χ3n) is 19.5. The van der Waals surface area contributed by atoms with Crippen LogP contribution in [0.2, 0.25) is 0 Å². The summed E-state index contributed by atoms with van der Waals surface area (Å²) in [5, 5.41) is 20.7. The Hall–Kier alpha value is -4.57. The molecule has 0 spiro atoms. The Labute approximate surface area is 702 Å². The van der Waals surface area contributed by atoms with Crippen molar-refractivity contribution in [2.24, 2.45) is 0 Å². The molecule has 0 saturated carbocycles. The summed E-state index contributed by atoms with van der Waals surface area (Å²) in [5.41, 5.74) is 0. The van der Waals surface area contributed by atoms with Gasteiger partial charge in [0.25, 0.3) is 0 Å². The lowest BCUT2D eigenvalue weighted by Gasteiger charge is -2.21. The standard InChI is InChI=1S/C97H168O16P2/c1-4-7-10-13-16-19-22-25-28-30-32-34-36-38-40-42-44-45-47-49-50-52-54-56-58-60-63-65-68-71-74-77-80-83-95(100)107-86-92(98)87-109-114(103,104)110-88-93(99)89-111-115(105,106)112-91-94(113-97(102)85-82-79-76-73-70-67-62-27-24-21-18-15-12-9-6-3)90-108-96(101)84-81-78-75-72-69-66-64-61-59-57-55-53-51-48-46-43-41-39-37-35-33-31-29-26-23-20-17-14-11-8-5-2/h8,11,16-21,25-29,32-35,38-41,46,48,62,92-94,98-99H,4-7,9-10,12-15,22-24,30-31,36-37,42-45,47,49-61,63-91H2,1-3H3,(H,103,104)(H,105,106)/b11-8-,19-16-,20-17-,21-18-,28-25-,29-26-,34-32-,35-33-,40-38-,41-39-,48-46-,62-27-. The van der Waals surface area contributed by atoms with Crippen molar-refractivity contribution in [3.8, 4) is 0 Å². The van der Waals surface area contributed by atoms with Gasteiger partial charge in [0.1, 0.15) is 25.4 Å². The van der Waals surface area contributed by atoms with E-state index in [0.717, 1.165) is 154 Å². The van der Waals surface area contributed by atoms with Crippen molar-refractivity contribution < 1.29 is 75.8 Å². The number of carbonyl (C=O) groups is 3. The molecule has 0 aliphatic rings. The zero-order valence-corrected chi connectivity index (χ0v) is 74.7. The van der Waals surface area contributed by atoms with E-state index < -0.39 is 91.5 Å². The summed E-state index contributed by atoms with van der Waals surface area (Å²) in [4.78, 5) is 58.9. The molecule has 5 unspecified atom stereocenters. The second-order valence-electron chi connectivity index (χ2n) is 30.7. The molecule has 5 atom stereocenters. The summed E-state index contributed by atoms with van der Waals surface area (Å²) in [6.07, 6.45) is 112. The van der Waals surface area contributed by atoms with Crippen LogP contribution in [0, 0.1) is 0 Å². The highest BCUT2D eigenvalue weighted by molar-refractivity contribution is 7.47. The summed E-state index contributed by atoms with van der Waals surface area (Å²) in [5.74, 6) is -1.58. The number of hydrogen-bond acceptors (Lipinski definition) is 14. The lowest BCUT2D eigenvalue weighted by Crippen LogP contribution is -2.30. The number of phosphoric ester groups is 2. The van der Waals surface area contributed by atoms with E-state index in [-0.39, 0.29) is 19.3 Å². The van der Waals surface area contributed by atoms with Crippen LogP contribution in [0.15, 0.2) is 146 Å². The number of aliphatic hydroxyl groups excluding tert-OH is 2. The van der Waals surface area contributed by atoms with Crippen LogP contribution < -0.4 is 0 Å². The molecule has 0 aliphatic carbocycles. The normalized spacial score (nSPS) is 14.5. The molecule has 0 heterocycles. The second kappa shape index (κ2) is 88.7. The summed E-state index contributed by atoms with van der Waals surface area (Å²) in [6, 6.07) is 0. The van der Waals surface area contributed by atoms with Gasteiger partial charge in [0.05, 0.1) is 26.4 Å². The van der Waals surface area contributed by atoms with E-state index in [2.05, 4.69) is 167 Å². The Morgan fingerprint density at radius 1 is 0.252 bits per heavy atom. The van der Waals surface area contributed by atoms with Crippen LogP contribution in [0.5, 0.6) is 0 Å². The fourth-order valence-electron chi connectivity index (χ4n) is 12.5. The quantitative estimate of drug-likeness (QED) is 0.0146. The van der Waals surface area contributed by atoms with E-state index in [1.165, 1.54) is 180 Å². The zero-order valence-electron chi connectivity index (χ0n) is 72.9.